The van der Waals surface area contributed by atoms with Crippen molar-refractivity contribution in [2.75, 3.05) is 20.3 Å². The third kappa shape index (κ3) is 7.96. The smallest absolute Gasteiger partial charge is 0.310 e. The molecule has 1 aromatic heterocycles. The molecule has 1 aromatic carbocycles. The molecule has 0 aliphatic heterocycles. The van der Waals surface area contributed by atoms with E-state index in [0.29, 0.717) is 25.4 Å². The van der Waals surface area contributed by atoms with E-state index in [-0.39, 0.29) is 24.8 Å². The van der Waals surface area contributed by atoms with Gasteiger partial charge >= 0.3 is 11.9 Å². The van der Waals surface area contributed by atoms with E-state index >= 15 is 0 Å². The lowest BCUT2D eigenvalue weighted by atomic mass is 10.00. The number of nitrogens with one attached hydrogen (secondary N) is 1. The Kier molecular flexibility index (Phi) is 9.20. The summed E-state index contributed by atoms with van der Waals surface area (Å²) in [4.78, 5) is 28.5. The van der Waals surface area contributed by atoms with Crippen molar-refractivity contribution in [3.8, 4) is 17.0 Å². The summed E-state index contributed by atoms with van der Waals surface area (Å²) in [5, 5.41) is 3.30. The monoisotopic (exact) mass is 442 g/mol. The highest BCUT2D eigenvalue weighted by atomic mass is 16.6. The molecule has 0 amide bonds. The van der Waals surface area contributed by atoms with Gasteiger partial charge in [0.05, 0.1) is 32.3 Å². The molecule has 0 unspecified atom stereocenters. The molecular formula is C25H34N2O5. The van der Waals surface area contributed by atoms with Crippen molar-refractivity contribution >= 4 is 11.9 Å². The van der Waals surface area contributed by atoms with Gasteiger partial charge in [0.15, 0.2) is 0 Å². The summed E-state index contributed by atoms with van der Waals surface area (Å²) < 4.78 is 16.0. The molecule has 0 bridgehead atoms. The van der Waals surface area contributed by atoms with Gasteiger partial charge in [0, 0.05) is 24.8 Å². The molecule has 1 N–H and O–H groups in total. The molecule has 7 heteroatoms. The first-order chi connectivity index (χ1) is 15.1. The number of nitrogens with zero attached hydrogens (tertiary/aromatic N) is 1. The Morgan fingerprint density at radius 3 is 2.53 bits per heavy atom. The highest BCUT2D eigenvalue weighted by Crippen LogP contribution is 2.32. The number of methoxy groups -OCH3 is 1. The van der Waals surface area contributed by atoms with Gasteiger partial charge in [0.1, 0.15) is 11.4 Å². The van der Waals surface area contributed by atoms with Gasteiger partial charge in [-0.3, -0.25) is 14.6 Å². The van der Waals surface area contributed by atoms with Gasteiger partial charge < -0.3 is 19.5 Å². The minimum atomic E-state index is -0.490. The van der Waals surface area contributed by atoms with E-state index in [9.17, 15) is 9.59 Å². The molecule has 0 aliphatic carbocycles. The fourth-order valence-electron chi connectivity index (χ4n) is 3.24. The van der Waals surface area contributed by atoms with Crippen LogP contribution in [0.5, 0.6) is 5.75 Å². The van der Waals surface area contributed by atoms with Crippen LogP contribution in [0.1, 0.15) is 50.8 Å². The molecule has 174 valence electrons. The normalized spacial score (nSPS) is 11.2. The lowest BCUT2D eigenvalue weighted by Crippen LogP contribution is -2.26. The quantitative estimate of drug-likeness (QED) is 0.440. The lowest BCUT2D eigenvalue weighted by molar-refractivity contribution is -0.154. The highest BCUT2D eigenvalue weighted by Gasteiger charge is 2.17. The number of ether oxygens (including phenoxy) is 3. The zero-order chi connectivity index (χ0) is 23.7. The SMILES string of the molecule is CCOC(=O)Cc1ccc(OC)c(-c2ncc(C)cc2CNCCC(=O)OC(C)(C)C)c1. The summed E-state index contributed by atoms with van der Waals surface area (Å²) in [6.07, 6.45) is 2.27. The van der Waals surface area contributed by atoms with E-state index < -0.39 is 5.60 Å². The van der Waals surface area contributed by atoms with Crippen LogP contribution in [-0.2, 0) is 32.0 Å². The molecule has 0 aliphatic rings. The molecule has 0 saturated carbocycles. The van der Waals surface area contributed by atoms with Crippen molar-refractivity contribution in [2.45, 2.75) is 59.6 Å². The fraction of sp³-hybridized carbons (Fsp3) is 0.480. The molecule has 0 atom stereocenters. The Balaban J connectivity index is 2.19. The van der Waals surface area contributed by atoms with Crippen LogP contribution >= 0.6 is 0 Å². The topological polar surface area (TPSA) is 86.8 Å². The summed E-state index contributed by atoms with van der Waals surface area (Å²) >= 11 is 0. The second kappa shape index (κ2) is 11.6. The minimum absolute atomic E-state index is 0.181. The molecule has 32 heavy (non-hydrogen) atoms. The third-order valence-electron chi connectivity index (χ3n) is 4.52. The van der Waals surface area contributed by atoms with E-state index in [1.165, 1.54) is 0 Å². The lowest BCUT2D eigenvalue weighted by Gasteiger charge is -2.19. The van der Waals surface area contributed by atoms with E-state index in [1.54, 1.807) is 20.2 Å². The highest BCUT2D eigenvalue weighted by molar-refractivity contribution is 5.76. The van der Waals surface area contributed by atoms with Gasteiger partial charge in [-0.15, -0.1) is 0 Å². The minimum Gasteiger partial charge on any atom is -0.496 e. The largest absolute Gasteiger partial charge is 0.496 e. The first-order valence-electron chi connectivity index (χ1n) is 10.8. The maximum Gasteiger partial charge on any atom is 0.310 e. The van der Waals surface area contributed by atoms with Crippen LogP contribution in [0, 0.1) is 6.92 Å². The van der Waals surface area contributed by atoms with E-state index in [2.05, 4.69) is 16.4 Å². The van der Waals surface area contributed by atoms with Gasteiger partial charge in [-0.2, -0.15) is 0 Å². The van der Waals surface area contributed by atoms with Crippen LogP contribution < -0.4 is 10.1 Å². The average molecular weight is 443 g/mol. The second-order valence-corrected chi connectivity index (χ2v) is 8.55. The zero-order valence-electron chi connectivity index (χ0n) is 19.9. The predicted molar refractivity (Wildman–Crippen MR) is 123 cm³/mol. The Bertz CT molecular complexity index is 934. The molecule has 0 saturated heterocycles. The van der Waals surface area contributed by atoms with Crippen LogP contribution in [0.25, 0.3) is 11.3 Å². The summed E-state index contributed by atoms with van der Waals surface area (Å²) in [5.41, 5.74) is 3.90. The first kappa shape index (κ1) is 25.3. The number of esters is 2. The molecule has 0 radical (unpaired) electrons. The number of carbonyl (C=O) groups excluding carboxylic acids is 2. The summed E-state index contributed by atoms with van der Waals surface area (Å²) in [7, 11) is 1.61. The summed E-state index contributed by atoms with van der Waals surface area (Å²) in [5.74, 6) is 0.161. The Hall–Kier alpha value is -2.93. The van der Waals surface area contributed by atoms with Crippen LogP contribution in [0.15, 0.2) is 30.5 Å². The number of rotatable bonds is 10. The van der Waals surface area contributed by atoms with Gasteiger partial charge in [-0.05, 0) is 63.4 Å². The maximum absolute atomic E-state index is 11.9. The van der Waals surface area contributed by atoms with Gasteiger partial charge in [0.25, 0.3) is 0 Å². The van der Waals surface area contributed by atoms with E-state index in [4.69, 9.17) is 14.2 Å². The third-order valence-corrected chi connectivity index (χ3v) is 4.52. The molecule has 2 aromatic rings. The van der Waals surface area contributed by atoms with Crippen molar-refractivity contribution in [3.63, 3.8) is 0 Å². The number of hydrogen-bond acceptors (Lipinski definition) is 7. The summed E-state index contributed by atoms with van der Waals surface area (Å²) in [6.45, 7) is 10.7. The Labute approximate surface area is 190 Å². The Morgan fingerprint density at radius 2 is 1.88 bits per heavy atom. The fourth-order valence-corrected chi connectivity index (χ4v) is 3.24. The molecular weight excluding hydrogens is 408 g/mol. The number of pyridine rings is 1. The average Bonchev–Trinajstić information content (AvgIpc) is 2.70. The standard InChI is InChI=1S/C25H34N2O5/c1-7-31-23(29)14-18-8-9-21(30-6)20(13-18)24-19(12-17(2)15-27-24)16-26-11-10-22(28)32-25(3,4)5/h8-9,12-13,15,26H,7,10-11,14,16H2,1-6H3. The molecule has 2 rings (SSSR count). The van der Waals surface area contributed by atoms with Gasteiger partial charge in [0.2, 0.25) is 0 Å². The van der Waals surface area contributed by atoms with Gasteiger partial charge in [-0.25, -0.2) is 0 Å². The first-order valence-corrected chi connectivity index (χ1v) is 10.8. The van der Waals surface area contributed by atoms with Crippen LogP contribution in [-0.4, -0.2) is 42.8 Å². The second-order valence-electron chi connectivity index (χ2n) is 8.55. The number of aromatic nitrogens is 1. The van der Waals surface area contributed by atoms with E-state index in [1.807, 2.05) is 45.9 Å². The predicted octanol–water partition coefficient (Wildman–Crippen LogP) is 3.99. The molecule has 1 heterocycles. The summed E-state index contributed by atoms with van der Waals surface area (Å²) in [6, 6.07) is 7.66. The van der Waals surface area contributed by atoms with Crippen molar-refractivity contribution in [3.05, 3.63) is 47.2 Å². The molecule has 7 nitrogen and oxygen atoms in total. The maximum atomic E-state index is 11.9. The van der Waals surface area contributed by atoms with Crippen molar-refractivity contribution in [2.24, 2.45) is 0 Å². The number of carbonyl (C=O) groups is 2. The van der Waals surface area contributed by atoms with Crippen molar-refractivity contribution in [1.29, 1.82) is 0 Å². The van der Waals surface area contributed by atoms with E-state index in [0.717, 1.165) is 27.9 Å². The van der Waals surface area contributed by atoms with Crippen LogP contribution in [0.2, 0.25) is 0 Å². The van der Waals surface area contributed by atoms with Crippen molar-refractivity contribution < 1.29 is 23.8 Å². The number of hydrogen-bond donors (Lipinski definition) is 1. The van der Waals surface area contributed by atoms with Crippen molar-refractivity contribution in [1.82, 2.24) is 10.3 Å². The van der Waals surface area contributed by atoms with Crippen LogP contribution in [0.4, 0.5) is 0 Å². The van der Waals surface area contributed by atoms with Gasteiger partial charge in [-0.1, -0.05) is 12.1 Å². The van der Waals surface area contributed by atoms with Crippen LogP contribution in [0.3, 0.4) is 0 Å². The number of benzene rings is 1. The Morgan fingerprint density at radius 1 is 1.12 bits per heavy atom. The molecule has 0 spiro atoms. The molecule has 0 fully saturated rings. The zero-order valence-corrected chi connectivity index (χ0v) is 19.9. The number of aryl methyl sites for hydroxylation is 1.